The fraction of sp³-hybridized carbons (Fsp3) is 0.462. The van der Waals surface area contributed by atoms with E-state index in [-0.39, 0.29) is 11.2 Å². The van der Waals surface area contributed by atoms with Gasteiger partial charge in [-0.15, -0.1) is 0 Å². The molecule has 0 bridgehead atoms. The number of fused-ring (bicyclic) bond motifs is 1. The second kappa shape index (κ2) is 4.37. The van der Waals surface area contributed by atoms with Crippen molar-refractivity contribution < 1.29 is 5.11 Å². The smallest absolute Gasteiger partial charge is 0.117 e. The average Bonchev–Trinajstić information content (AvgIpc) is 2.75. The molecule has 0 aliphatic rings. The van der Waals surface area contributed by atoms with Crippen LogP contribution in [-0.2, 0) is 5.41 Å². The Morgan fingerprint density at radius 3 is 2.65 bits per heavy atom. The molecule has 0 saturated heterocycles. The minimum absolute atomic E-state index is 0.0887. The Labute approximate surface area is 101 Å². The van der Waals surface area contributed by atoms with Crippen LogP contribution >= 0.6 is 0 Å². The normalized spacial score (nSPS) is 12.2. The lowest BCUT2D eigenvalue weighted by molar-refractivity contribution is 0.387. The van der Waals surface area contributed by atoms with Crippen LogP contribution in [0.4, 0.5) is 0 Å². The molecule has 0 aliphatic heterocycles. The van der Waals surface area contributed by atoms with E-state index in [1.807, 2.05) is 6.07 Å². The van der Waals surface area contributed by atoms with Crippen LogP contribution < -0.4 is 5.73 Å². The molecule has 0 atom stereocenters. The number of hydrogen-bond donors (Lipinski definition) is 3. The number of phenolic OH excluding ortho intramolecular Hbond substituents is 1. The summed E-state index contributed by atoms with van der Waals surface area (Å²) in [5.41, 5.74) is 7.55. The molecule has 17 heavy (non-hydrogen) atoms. The van der Waals surface area contributed by atoms with Crippen LogP contribution in [0, 0.1) is 0 Å². The van der Waals surface area contributed by atoms with Gasteiger partial charge < -0.3 is 15.8 Å². The first-order chi connectivity index (χ1) is 8.15. The molecule has 1 aromatic carbocycles. The van der Waals surface area contributed by atoms with Gasteiger partial charge in [-0.3, -0.25) is 0 Å². The van der Waals surface area contributed by atoms with Gasteiger partial charge in [-0.25, -0.2) is 4.98 Å². The Morgan fingerprint density at radius 1 is 1.35 bits per heavy atom. The number of aromatic hydroxyl groups is 1. The molecule has 4 nitrogen and oxygen atoms in total. The van der Waals surface area contributed by atoms with Gasteiger partial charge in [-0.2, -0.15) is 0 Å². The minimum Gasteiger partial charge on any atom is -0.508 e. The topological polar surface area (TPSA) is 74.9 Å². The molecule has 92 valence electrons. The van der Waals surface area contributed by atoms with E-state index in [1.54, 1.807) is 12.1 Å². The van der Waals surface area contributed by atoms with Gasteiger partial charge >= 0.3 is 0 Å². The molecule has 1 aromatic heterocycles. The van der Waals surface area contributed by atoms with Gasteiger partial charge in [0.15, 0.2) is 0 Å². The molecule has 2 rings (SSSR count). The van der Waals surface area contributed by atoms with Crippen LogP contribution in [0.3, 0.4) is 0 Å². The predicted molar refractivity (Wildman–Crippen MR) is 69.1 cm³/mol. The van der Waals surface area contributed by atoms with Gasteiger partial charge in [0.25, 0.3) is 0 Å². The van der Waals surface area contributed by atoms with Crippen molar-refractivity contribution >= 4 is 11.0 Å². The lowest BCUT2D eigenvalue weighted by Crippen LogP contribution is -2.35. The molecule has 1 heterocycles. The molecular formula is C13H19N3O. The highest BCUT2D eigenvalue weighted by molar-refractivity contribution is 5.76. The first-order valence-corrected chi connectivity index (χ1v) is 6.04. The Morgan fingerprint density at radius 2 is 2.06 bits per heavy atom. The number of aromatic amines is 1. The maximum Gasteiger partial charge on any atom is 0.117 e. The van der Waals surface area contributed by atoms with Crippen molar-refractivity contribution in [3.8, 4) is 5.75 Å². The number of phenols is 1. The van der Waals surface area contributed by atoms with E-state index >= 15 is 0 Å². The summed E-state index contributed by atoms with van der Waals surface area (Å²) in [6.45, 7) is 4.83. The summed E-state index contributed by atoms with van der Waals surface area (Å²) >= 11 is 0. The summed E-state index contributed by atoms with van der Waals surface area (Å²) in [6, 6.07) is 5.16. The number of aromatic nitrogens is 2. The van der Waals surface area contributed by atoms with Crippen molar-refractivity contribution in [2.45, 2.75) is 32.1 Å². The van der Waals surface area contributed by atoms with Gasteiger partial charge in [0.2, 0.25) is 0 Å². The Kier molecular flexibility index (Phi) is 3.07. The molecule has 0 aliphatic carbocycles. The summed E-state index contributed by atoms with van der Waals surface area (Å²) in [6.07, 6.45) is 1.90. The second-order valence-corrected chi connectivity index (χ2v) is 4.48. The van der Waals surface area contributed by atoms with Gasteiger partial charge in [0.05, 0.1) is 11.0 Å². The summed E-state index contributed by atoms with van der Waals surface area (Å²) < 4.78 is 0. The van der Waals surface area contributed by atoms with E-state index in [9.17, 15) is 5.11 Å². The van der Waals surface area contributed by atoms with Gasteiger partial charge in [0.1, 0.15) is 11.6 Å². The molecule has 0 amide bonds. The standard InChI is InChI=1S/C13H19N3O/c1-3-13(4-2,8-14)12-15-10-6-5-9(17)7-11(10)16-12/h5-7,17H,3-4,8,14H2,1-2H3,(H,15,16). The van der Waals surface area contributed by atoms with E-state index < -0.39 is 0 Å². The summed E-state index contributed by atoms with van der Waals surface area (Å²) in [4.78, 5) is 7.87. The maximum atomic E-state index is 9.44. The SMILES string of the molecule is CCC(CC)(CN)c1nc2ccc(O)cc2[nH]1. The zero-order valence-corrected chi connectivity index (χ0v) is 10.3. The lowest BCUT2D eigenvalue weighted by atomic mass is 9.82. The molecule has 2 aromatic rings. The molecular weight excluding hydrogens is 214 g/mol. The summed E-state index contributed by atoms with van der Waals surface area (Å²) in [7, 11) is 0. The highest BCUT2D eigenvalue weighted by Crippen LogP contribution is 2.30. The highest BCUT2D eigenvalue weighted by Gasteiger charge is 2.30. The summed E-state index contributed by atoms with van der Waals surface area (Å²) in [5.74, 6) is 1.17. The number of nitrogens with two attached hydrogens (primary N) is 1. The molecule has 0 spiro atoms. The van der Waals surface area contributed by atoms with Crippen molar-refractivity contribution in [3.63, 3.8) is 0 Å². The average molecular weight is 233 g/mol. The quantitative estimate of drug-likeness (QED) is 0.758. The van der Waals surface area contributed by atoms with Crippen LogP contribution in [0.25, 0.3) is 11.0 Å². The number of H-pyrrole nitrogens is 1. The van der Waals surface area contributed by atoms with Crippen molar-refractivity contribution in [2.24, 2.45) is 5.73 Å². The van der Waals surface area contributed by atoms with Crippen LogP contribution in [0.5, 0.6) is 5.75 Å². The first kappa shape index (κ1) is 11.9. The van der Waals surface area contributed by atoms with Crippen molar-refractivity contribution in [3.05, 3.63) is 24.0 Å². The van der Waals surface area contributed by atoms with E-state index in [0.717, 1.165) is 29.7 Å². The van der Waals surface area contributed by atoms with Crippen LogP contribution in [0.2, 0.25) is 0 Å². The van der Waals surface area contributed by atoms with Gasteiger partial charge in [0, 0.05) is 18.0 Å². The maximum absolute atomic E-state index is 9.44. The number of imidazole rings is 1. The summed E-state index contributed by atoms with van der Waals surface area (Å²) in [5, 5.41) is 9.44. The number of nitrogens with zero attached hydrogens (tertiary/aromatic N) is 1. The number of benzene rings is 1. The number of rotatable bonds is 4. The van der Waals surface area contributed by atoms with E-state index in [2.05, 4.69) is 23.8 Å². The predicted octanol–water partition coefficient (Wildman–Crippen LogP) is 2.29. The van der Waals surface area contributed by atoms with Crippen molar-refractivity contribution in [1.29, 1.82) is 0 Å². The van der Waals surface area contributed by atoms with Crippen molar-refractivity contribution in [1.82, 2.24) is 9.97 Å². The second-order valence-electron chi connectivity index (χ2n) is 4.48. The van der Waals surface area contributed by atoms with Crippen molar-refractivity contribution in [2.75, 3.05) is 6.54 Å². The van der Waals surface area contributed by atoms with Crippen LogP contribution in [0.1, 0.15) is 32.5 Å². The number of nitrogens with one attached hydrogen (secondary N) is 1. The van der Waals surface area contributed by atoms with E-state index in [4.69, 9.17) is 5.73 Å². The Hall–Kier alpha value is -1.55. The van der Waals surface area contributed by atoms with Crippen LogP contribution in [0.15, 0.2) is 18.2 Å². The fourth-order valence-corrected chi connectivity index (χ4v) is 2.22. The lowest BCUT2D eigenvalue weighted by Gasteiger charge is -2.27. The zero-order valence-electron chi connectivity index (χ0n) is 10.3. The monoisotopic (exact) mass is 233 g/mol. The molecule has 4 N–H and O–H groups in total. The zero-order chi connectivity index (χ0) is 12.5. The first-order valence-electron chi connectivity index (χ1n) is 6.04. The third kappa shape index (κ3) is 1.89. The largest absolute Gasteiger partial charge is 0.508 e. The van der Waals surface area contributed by atoms with E-state index in [1.165, 1.54) is 0 Å². The Bertz CT molecular complexity index is 506. The number of hydrogen-bond acceptors (Lipinski definition) is 3. The molecule has 0 fully saturated rings. The molecule has 0 radical (unpaired) electrons. The molecule has 4 heteroatoms. The third-order valence-electron chi connectivity index (χ3n) is 3.71. The van der Waals surface area contributed by atoms with Gasteiger partial charge in [-0.1, -0.05) is 13.8 Å². The third-order valence-corrected chi connectivity index (χ3v) is 3.71. The Balaban J connectivity index is 2.55. The minimum atomic E-state index is -0.0887. The fourth-order valence-electron chi connectivity index (χ4n) is 2.22. The van der Waals surface area contributed by atoms with Gasteiger partial charge in [-0.05, 0) is 25.0 Å². The van der Waals surface area contributed by atoms with E-state index in [0.29, 0.717) is 6.54 Å². The molecule has 0 unspecified atom stereocenters. The molecule has 0 saturated carbocycles. The highest BCUT2D eigenvalue weighted by atomic mass is 16.3. The van der Waals surface area contributed by atoms with Crippen LogP contribution in [-0.4, -0.2) is 21.6 Å².